The Morgan fingerprint density at radius 3 is 1.80 bits per heavy atom. The molecule has 0 N–H and O–H groups in total. The van der Waals surface area contributed by atoms with Crippen molar-refractivity contribution in [1.29, 1.82) is 0 Å². The van der Waals surface area contributed by atoms with Crippen LogP contribution in [0.4, 0.5) is 13.2 Å². The molecule has 0 radical (unpaired) electrons. The molecule has 0 spiro atoms. The predicted octanol–water partition coefficient (Wildman–Crippen LogP) is 6.89. The van der Waals surface area contributed by atoms with Gasteiger partial charge in [0.05, 0.1) is 6.10 Å². The number of ether oxygens (including phenoxy) is 3. The van der Waals surface area contributed by atoms with Crippen molar-refractivity contribution in [2.75, 3.05) is 20.5 Å². The molecule has 0 heterocycles. The monoisotopic (exact) mass is 636 g/mol. The van der Waals surface area contributed by atoms with Crippen molar-refractivity contribution in [3.63, 3.8) is 0 Å². The van der Waals surface area contributed by atoms with Gasteiger partial charge in [0.15, 0.2) is 17.5 Å². The van der Waals surface area contributed by atoms with E-state index in [9.17, 15) is 18.0 Å². The van der Waals surface area contributed by atoms with Crippen LogP contribution in [0.3, 0.4) is 0 Å². The maximum atomic E-state index is 14.5. The first-order valence-corrected chi connectivity index (χ1v) is 16.7. The molecule has 0 saturated carbocycles. The minimum atomic E-state index is -2.95. The number of esters is 1. The van der Waals surface area contributed by atoms with Gasteiger partial charge in [-0.05, 0) is 45.1 Å². The van der Waals surface area contributed by atoms with Crippen LogP contribution in [0.25, 0.3) is 0 Å². The summed E-state index contributed by atoms with van der Waals surface area (Å²) in [6, 6.07) is 30.7. The molecule has 0 aliphatic carbocycles. The smallest absolute Gasteiger partial charge is 0.316 e. The molecule has 238 valence electrons. The van der Waals surface area contributed by atoms with Gasteiger partial charge in [0.2, 0.25) is 0 Å². The molecule has 0 aliphatic rings. The number of carbonyl (C=O) groups is 1. The first kappa shape index (κ1) is 34.1. The summed E-state index contributed by atoms with van der Waals surface area (Å²) in [4.78, 5) is 13.7. The maximum Gasteiger partial charge on any atom is 0.316 e. The summed E-state index contributed by atoms with van der Waals surface area (Å²) >= 11 is 0. The zero-order chi connectivity index (χ0) is 32.5. The van der Waals surface area contributed by atoms with Crippen LogP contribution in [0, 0.1) is 17.5 Å². The molecule has 0 saturated heterocycles. The summed E-state index contributed by atoms with van der Waals surface area (Å²) in [5.74, 6) is -6.55. The normalized spacial score (nSPS) is 13.3. The fourth-order valence-electron chi connectivity index (χ4n) is 5.67. The second-order valence-corrected chi connectivity index (χ2v) is 16.1. The van der Waals surface area contributed by atoms with Gasteiger partial charge >= 0.3 is 5.97 Å². The van der Waals surface area contributed by atoms with Crippen LogP contribution in [-0.2, 0) is 30.0 Å². The van der Waals surface area contributed by atoms with Gasteiger partial charge in [0, 0.05) is 13.7 Å². The molecule has 0 bridgehead atoms. The zero-order valence-electron chi connectivity index (χ0n) is 26.0. The van der Waals surface area contributed by atoms with Gasteiger partial charge in [0.1, 0.15) is 19.3 Å². The second kappa shape index (κ2) is 15.5. The van der Waals surface area contributed by atoms with Gasteiger partial charge in [-0.25, -0.2) is 13.2 Å². The average Bonchev–Trinajstić information content (AvgIpc) is 3.04. The van der Waals surface area contributed by atoms with Crippen LogP contribution in [0.2, 0.25) is 5.04 Å². The minimum Gasteiger partial charge on any atom is -0.460 e. The highest BCUT2D eigenvalue weighted by molar-refractivity contribution is 6.99. The number of benzene rings is 4. The van der Waals surface area contributed by atoms with Crippen molar-refractivity contribution in [2.45, 2.75) is 50.9 Å². The van der Waals surface area contributed by atoms with Gasteiger partial charge in [-0.15, -0.1) is 0 Å². The molecule has 4 aromatic rings. The minimum absolute atomic E-state index is 0.0715. The van der Waals surface area contributed by atoms with Crippen LogP contribution in [0.1, 0.15) is 44.2 Å². The molecule has 2 atom stereocenters. The number of rotatable bonds is 14. The molecule has 45 heavy (non-hydrogen) atoms. The highest BCUT2D eigenvalue weighted by Crippen LogP contribution is 2.37. The summed E-state index contributed by atoms with van der Waals surface area (Å²) in [5, 5.41) is 1.83. The van der Waals surface area contributed by atoms with Gasteiger partial charge in [0.25, 0.3) is 8.32 Å². The van der Waals surface area contributed by atoms with Crippen molar-refractivity contribution in [2.24, 2.45) is 0 Å². The van der Waals surface area contributed by atoms with E-state index in [0.717, 1.165) is 28.1 Å². The first-order chi connectivity index (χ1) is 21.6. The molecule has 0 amide bonds. The molecule has 4 aromatic carbocycles. The quantitative estimate of drug-likeness (QED) is 0.0654. The Kier molecular flexibility index (Phi) is 11.7. The van der Waals surface area contributed by atoms with E-state index in [4.69, 9.17) is 18.6 Å². The summed E-state index contributed by atoms with van der Waals surface area (Å²) in [7, 11) is -1.52. The largest absolute Gasteiger partial charge is 0.460 e. The maximum absolute atomic E-state index is 14.5. The van der Waals surface area contributed by atoms with E-state index >= 15 is 0 Å². The van der Waals surface area contributed by atoms with Crippen LogP contribution in [-0.4, -0.2) is 40.9 Å². The first-order valence-electron chi connectivity index (χ1n) is 14.8. The Morgan fingerprint density at radius 1 is 0.800 bits per heavy atom. The zero-order valence-corrected chi connectivity index (χ0v) is 27.0. The number of halogens is 3. The predicted molar refractivity (Wildman–Crippen MR) is 170 cm³/mol. The van der Waals surface area contributed by atoms with Crippen molar-refractivity contribution in [3.05, 3.63) is 132 Å². The highest BCUT2D eigenvalue weighted by atomic mass is 28.4. The average molecular weight is 637 g/mol. The number of hydrogen-bond acceptors (Lipinski definition) is 5. The third-order valence-electron chi connectivity index (χ3n) is 7.75. The van der Waals surface area contributed by atoms with E-state index < -0.39 is 43.8 Å². The summed E-state index contributed by atoms with van der Waals surface area (Å²) in [5.41, 5.74) is 0.612. The van der Waals surface area contributed by atoms with Crippen LogP contribution < -0.4 is 10.4 Å². The van der Waals surface area contributed by atoms with Crippen molar-refractivity contribution in [1.82, 2.24) is 0 Å². The van der Waals surface area contributed by atoms with Crippen molar-refractivity contribution in [3.8, 4) is 0 Å². The Labute approximate surface area is 264 Å². The van der Waals surface area contributed by atoms with Crippen molar-refractivity contribution >= 4 is 24.7 Å². The molecule has 0 fully saturated rings. The van der Waals surface area contributed by atoms with Gasteiger partial charge in [-0.1, -0.05) is 112 Å². The number of methoxy groups -OCH3 is 1. The van der Waals surface area contributed by atoms with Gasteiger partial charge in [-0.2, -0.15) is 0 Å². The summed E-state index contributed by atoms with van der Waals surface area (Å²) in [6.07, 6.45) is -0.852. The lowest BCUT2D eigenvalue weighted by molar-refractivity contribution is -0.155. The summed E-state index contributed by atoms with van der Waals surface area (Å²) in [6.45, 7) is 6.29. The van der Waals surface area contributed by atoms with Gasteiger partial charge < -0.3 is 18.6 Å². The van der Waals surface area contributed by atoms with E-state index in [1.807, 2.05) is 42.5 Å². The van der Waals surface area contributed by atoms with E-state index in [-0.39, 0.29) is 37.0 Å². The van der Waals surface area contributed by atoms with E-state index in [1.165, 1.54) is 7.11 Å². The van der Waals surface area contributed by atoms with Gasteiger partial charge in [-0.3, -0.25) is 4.79 Å². The summed E-state index contributed by atoms with van der Waals surface area (Å²) < 4.78 is 66.7. The standard InChI is InChI=1S/C36H39F3O5Si/c1-36(2,3)45(28-16-10-6-11-17-28,29-18-12-7-13-19-29)44-21-20-32(43-25-41-4)33(27-22-30(37)34(39)31(38)23-27)35(40)42-24-26-14-8-5-9-15-26/h5-19,22-23,32-33H,20-21,24-25H2,1-4H3/t32-,33+/m1/s1. The molecule has 0 unspecified atom stereocenters. The lowest BCUT2D eigenvalue weighted by atomic mass is 9.91. The third kappa shape index (κ3) is 8.10. The highest BCUT2D eigenvalue weighted by Gasteiger charge is 2.50. The van der Waals surface area contributed by atoms with E-state index in [2.05, 4.69) is 45.0 Å². The molecule has 0 aromatic heterocycles. The fraction of sp³-hybridized carbons (Fsp3) is 0.306. The topological polar surface area (TPSA) is 54.0 Å². The molecule has 0 aliphatic heterocycles. The lowest BCUT2D eigenvalue weighted by Gasteiger charge is -2.43. The fourth-order valence-corrected chi connectivity index (χ4v) is 10.2. The molecule has 4 rings (SSSR count). The van der Waals surface area contributed by atoms with Crippen LogP contribution in [0.15, 0.2) is 103 Å². The Bertz CT molecular complexity index is 1450. The molecular weight excluding hydrogens is 597 g/mol. The molecule has 5 nitrogen and oxygen atoms in total. The lowest BCUT2D eigenvalue weighted by Crippen LogP contribution is -2.66. The Balaban J connectivity index is 1.70. The number of carbonyl (C=O) groups excluding carboxylic acids is 1. The Morgan fingerprint density at radius 2 is 1.31 bits per heavy atom. The molecule has 9 heteroatoms. The van der Waals surface area contributed by atoms with Crippen molar-refractivity contribution < 1.29 is 36.6 Å². The van der Waals surface area contributed by atoms with Crippen LogP contribution in [0.5, 0.6) is 0 Å². The van der Waals surface area contributed by atoms with Crippen LogP contribution >= 0.6 is 0 Å². The number of hydrogen-bond donors (Lipinski definition) is 0. The van der Waals surface area contributed by atoms with E-state index in [0.29, 0.717) is 0 Å². The third-order valence-corrected chi connectivity index (χ3v) is 12.8. The SMILES string of the molecule is COCO[C@H](CCO[Si](c1ccccc1)(c1ccccc1)C(C)(C)C)[C@@H](C(=O)OCc1ccccc1)c1cc(F)c(F)c(F)c1. The Hall–Kier alpha value is -3.76. The van der Waals surface area contributed by atoms with E-state index in [1.54, 1.807) is 24.3 Å². The molecular formula is C36H39F3O5Si. The second-order valence-electron chi connectivity index (χ2n) is 11.8.